The second-order valence-corrected chi connectivity index (χ2v) is 6.31. The van der Waals surface area contributed by atoms with E-state index in [4.69, 9.17) is 17.3 Å². The lowest BCUT2D eigenvalue weighted by molar-refractivity contribution is 0.513. The fraction of sp³-hybridized carbons (Fsp3) is 0.500. The molecule has 0 spiro atoms. The molecule has 88 valence electrons. The van der Waals surface area contributed by atoms with Crippen LogP contribution in [0, 0.1) is 0 Å². The molecule has 1 aromatic rings. The van der Waals surface area contributed by atoms with Gasteiger partial charge in [0.15, 0.2) is 0 Å². The highest BCUT2D eigenvalue weighted by molar-refractivity contribution is 8.00. The van der Waals surface area contributed by atoms with E-state index in [-0.39, 0.29) is 5.54 Å². The summed E-state index contributed by atoms with van der Waals surface area (Å²) in [7, 11) is 0. The molecule has 4 heteroatoms. The smallest absolute Gasteiger partial charge is 0.0596 e. The average Bonchev–Trinajstić information content (AvgIpc) is 2.64. The van der Waals surface area contributed by atoms with Crippen molar-refractivity contribution in [2.75, 3.05) is 17.6 Å². The summed E-state index contributed by atoms with van der Waals surface area (Å²) in [5.74, 6) is 1.08. The fourth-order valence-electron chi connectivity index (χ4n) is 2.09. The number of nitrogens with two attached hydrogens (primary N) is 1. The van der Waals surface area contributed by atoms with Gasteiger partial charge in [0, 0.05) is 28.3 Å². The first kappa shape index (κ1) is 12.1. The highest BCUT2D eigenvalue weighted by atomic mass is 35.5. The van der Waals surface area contributed by atoms with Crippen LogP contribution in [0.2, 0.25) is 5.02 Å². The summed E-state index contributed by atoms with van der Waals surface area (Å²) >= 11 is 7.85. The molecular weight excluding hydrogens is 240 g/mol. The van der Waals surface area contributed by atoms with Crippen LogP contribution in [0.5, 0.6) is 0 Å². The van der Waals surface area contributed by atoms with E-state index in [9.17, 15) is 0 Å². The van der Waals surface area contributed by atoms with Gasteiger partial charge in [-0.25, -0.2) is 0 Å². The first-order chi connectivity index (χ1) is 7.63. The Hall–Kier alpha value is -0.380. The number of rotatable bonds is 3. The minimum Gasteiger partial charge on any atom is -0.377 e. The predicted molar refractivity (Wildman–Crippen MR) is 73.4 cm³/mol. The Balaban J connectivity index is 2.10. The quantitative estimate of drug-likeness (QED) is 0.873. The van der Waals surface area contributed by atoms with Crippen LogP contribution in [-0.2, 0) is 0 Å². The van der Waals surface area contributed by atoms with Crippen molar-refractivity contribution in [3.05, 3.63) is 29.3 Å². The van der Waals surface area contributed by atoms with Crippen LogP contribution in [0.15, 0.2) is 24.3 Å². The van der Waals surface area contributed by atoms with E-state index in [2.05, 4.69) is 12.2 Å². The third-order valence-electron chi connectivity index (χ3n) is 2.97. The van der Waals surface area contributed by atoms with E-state index in [0.717, 1.165) is 22.9 Å². The van der Waals surface area contributed by atoms with E-state index in [1.54, 1.807) is 0 Å². The van der Waals surface area contributed by atoms with Gasteiger partial charge in [-0.05, 0) is 30.7 Å². The molecule has 1 aliphatic heterocycles. The summed E-state index contributed by atoms with van der Waals surface area (Å²) in [6.45, 7) is 2.93. The minimum atomic E-state index is 0.0535. The van der Waals surface area contributed by atoms with Gasteiger partial charge in [0.2, 0.25) is 0 Å². The zero-order chi connectivity index (χ0) is 11.6. The van der Waals surface area contributed by atoms with Crippen molar-refractivity contribution >= 4 is 29.1 Å². The van der Waals surface area contributed by atoms with Crippen molar-refractivity contribution < 1.29 is 0 Å². The summed E-state index contributed by atoms with van der Waals surface area (Å²) in [5.41, 5.74) is 7.06. The van der Waals surface area contributed by atoms with Crippen molar-refractivity contribution in [3.63, 3.8) is 0 Å². The first-order valence-corrected chi connectivity index (χ1v) is 6.92. The second-order valence-electron chi connectivity index (χ2n) is 4.44. The largest absolute Gasteiger partial charge is 0.377 e. The molecule has 0 aromatic heterocycles. The van der Waals surface area contributed by atoms with E-state index in [1.807, 2.05) is 36.0 Å². The summed E-state index contributed by atoms with van der Waals surface area (Å²) in [6.07, 6.45) is 1.12. The highest BCUT2D eigenvalue weighted by Gasteiger charge is 2.36. The number of hydrogen-bond acceptors (Lipinski definition) is 3. The molecular formula is C12H17ClN2S. The van der Waals surface area contributed by atoms with Gasteiger partial charge in [0.05, 0.1) is 5.54 Å². The number of hydrogen-bond donors (Lipinski definition) is 2. The van der Waals surface area contributed by atoms with Crippen molar-refractivity contribution in [2.45, 2.75) is 24.1 Å². The first-order valence-electron chi connectivity index (χ1n) is 5.49. The second kappa shape index (κ2) is 4.86. The van der Waals surface area contributed by atoms with Gasteiger partial charge in [0.25, 0.3) is 0 Å². The molecule has 0 radical (unpaired) electrons. The van der Waals surface area contributed by atoms with E-state index in [1.165, 1.54) is 0 Å². The maximum atomic E-state index is 5.91. The molecule has 1 aliphatic rings. The van der Waals surface area contributed by atoms with Crippen LogP contribution in [0.4, 0.5) is 5.69 Å². The number of nitrogens with one attached hydrogen (secondary N) is 1. The van der Waals surface area contributed by atoms with E-state index < -0.39 is 0 Å². The minimum absolute atomic E-state index is 0.0535. The van der Waals surface area contributed by atoms with Gasteiger partial charge < -0.3 is 11.1 Å². The number of thioether (sulfide) groups is 1. The number of benzene rings is 1. The molecule has 2 nitrogen and oxygen atoms in total. The van der Waals surface area contributed by atoms with Crippen molar-refractivity contribution in [2.24, 2.45) is 5.73 Å². The number of anilines is 1. The van der Waals surface area contributed by atoms with Crippen LogP contribution in [-0.4, -0.2) is 23.1 Å². The van der Waals surface area contributed by atoms with E-state index in [0.29, 0.717) is 11.8 Å². The normalized spacial score (nSPS) is 29.3. The molecule has 2 atom stereocenters. The zero-order valence-corrected chi connectivity index (χ0v) is 10.9. The molecule has 0 saturated carbocycles. The standard InChI is InChI=1S/C12H17ClN2S/c1-9-6-12(7-14,8-16-9)15-11-4-2-10(13)3-5-11/h2-5,9,15H,6-8,14H2,1H3. The van der Waals surface area contributed by atoms with Crippen molar-refractivity contribution in [3.8, 4) is 0 Å². The Morgan fingerprint density at radius 3 is 2.69 bits per heavy atom. The summed E-state index contributed by atoms with van der Waals surface area (Å²) < 4.78 is 0. The lowest BCUT2D eigenvalue weighted by Crippen LogP contribution is -2.45. The number of halogens is 1. The van der Waals surface area contributed by atoms with Gasteiger partial charge in [0.1, 0.15) is 0 Å². The van der Waals surface area contributed by atoms with Crippen LogP contribution >= 0.6 is 23.4 Å². The lowest BCUT2D eigenvalue weighted by atomic mass is 9.96. The maximum absolute atomic E-state index is 5.91. The maximum Gasteiger partial charge on any atom is 0.0596 e. The summed E-state index contributed by atoms with van der Waals surface area (Å²) in [5, 5.41) is 5.01. The predicted octanol–water partition coefficient (Wildman–Crippen LogP) is 2.97. The highest BCUT2D eigenvalue weighted by Crippen LogP contribution is 2.36. The molecule has 1 saturated heterocycles. The molecule has 1 aromatic carbocycles. The Kier molecular flexibility index (Phi) is 3.67. The third-order valence-corrected chi connectivity index (χ3v) is 4.67. The Morgan fingerprint density at radius 2 is 2.19 bits per heavy atom. The topological polar surface area (TPSA) is 38.0 Å². The van der Waals surface area contributed by atoms with Crippen molar-refractivity contribution in [1.29, 1.82) is 0 Å². The molecule has 1 fully saturated rings. The molecule has 2 rings (SSSR count). The van der Waals surface area contributed by atoms with Gasteiger partial charge in [-0.2, -0.15) is 11.8 Å². The Labute approximate surface area is 106 Å². The van der Waals surface area contributed by atoms with Gasteiger partial charge >= 0.3 is 0 Å². The Bertz CT molecular complexity index is 355. The average molecular weight is 257 g/mol. The van der Waals surface area contributed by atoms with Crippen LogP contribution in [0.1, 0.15) is 13.3 Å². The molecule has 0 aliphatic carbocycles. The molecule has 16 heavy (non-hydrogen) atoms. The van der Waals surface area contributed by atoms with E-state index >= 15 is 0 Å². The van der Waals surface area contributed by atoms with Crippen molar-refractivity contribution in [1.82, 2.24) is 0 Å². The Morgan fingerprint density at radius 1 is 1.50 bits per heavy atom. The summed E-state index contributed by atoms with van der Waals surface area (Å²) in [6, 6.07) is 7.82. The zero-order valence-electron chi connectivity index (χ0n) is 9.37. The molecule has 1 heterocycles. The van der Waals surface area contributed by atoms with Gasteiger partial charge in [-0.15, -0.1) is 0 Å². The van der Waals surface area contributed by atoms with Crippen LogP contribution in [0.25, 0.3) is 0 Å². The van der Waals surface area contributed by atoms with Crippen LogP contribution in [0.3, 0.4) is 0 Å². The van der Waals surface area contributed by atoms with Gasteiger partial charge in [-0.1, -0.05) is 18.5 Å². The third kappa shape index (κ3) is 2.65. The molecule has 2 unspecified atom stereocenters. The lowest BCUT2D eigenvalue weighted by Gasteiger charge is -2.29. The molecule has 3 N–H and O–H groups in total. The fourth-order valence-corrected chi connectivity index (χ4v) is 3.56. The summed E-state index contributed by atoms with van der Waals surface area (Å²) in [4.78, 5) is 0. The van der Waals surface area contributed by atoms with Gasteiger partial charge in [-0.3, -0.25) is 0 Å². The monoisotopic (exact) mass is 256 g/mol. The molecule has 0 amide bonds. The molecule has 0 bridgehead atoms. The van der Waals surface area contributed by atoms with Crippen LogP contribution < -0.4 is 11.1 Å². The SMILES string of the molecule is CC1CC(CN)(Nc2ccc(Cl)cc2)CS1.